The third-order valence-corrected chi connectivity index (χ3v) is 3.92. The van der Waals surface area contributed by atoms with Crippen molar-refractivity contribution in [2.75, 3.05) is 18.4 Å². The van der Waals surface area contributed by atoms with Gasteiger partial charge in [0.25, 0.3) is 0 Å². The quantitative estimate of drug-likeness (QED) is 0.764. The van der Waals surface area contributed by atoms with Crippen molar-refractivity contribution in [3.63, 3.8) is 0 Å². The predicted octanol–water partition coefficient (Wildman–Crippen LogP) is 2.19. The zero-order valence-electron chi connectivity index (χ0n) is 8.76. The topological polar surface area (TPSA) is 47.9 Å². The second-order valence-corrected chi connectivity index (χ2v) is 5.30. The molecular weight excluding hydrogens is 266 g/mol. The third-order valence-electron chi connectivity index (χ3n) is 3.47. The van der Waals surface area contributed by atoms with E-state index in [4.69, 9.17) is 5.26 Å². The van der Waals surface area contributed by atoms with Crippen molar-refractivity contribution in [3.8, 4) is 6.07 Å². The second-order valence-electron chi connectivity index (χ2n) is 4.38. The molecule has 4 heteroatoms. The Labute approximate surface area is 103 Å². The van der Waals surface area contributed by atoms with E-state index < -0.39 is 0 Å². The van der Waals surface area contributed by atoms with Gasteiger partial charge in [0.15, 0.2) is 0 Å². The van der Waals surface area contributed by atoms with E-state index in [-0.39, 0.29) is 0 Å². The summed E-state index contributed by atoms with van der Waals surface area (Å²) in [6.45, 7) is 2.07. The first-order valence-electron chi connectivity index (χ1n) is 5.50. The first kappa shape index (κ1) is 10.1. The van der Waals surface area contributed by atoms with E-state index in [1.165, 1.54) is 5.56 Å². The second kappa shape index (κ2) is 3.76. The fraction of sp³-hybridized carbons (Fsp3) is 0.417. The average Bonchev–Trinajstić information content (AvgIpc) is 2.67. The Balaban J connectivity index is 2.11. The van der Waals surface area contributed by atoms with Crippen LogP contribution in [0.4, 0.5) is 5.69 Å². The summed E-state index contributed by atoms with van der Waals surface area (Å²) in [4.78, 5) is 0. The highest BCUT2D eigenvalue weighted by atomic mass is 79.9. The fourth-order valence-corrected chi connectivity index (χ4v) is 3.19. The number of piperidine rings is 1. The summed E-state index contributed by atoms with van der Waals surface area (Å²) in [5.41, 5.74) is 3.08. The number of nitrogens with one attached hydrogen (secondary N) is 2. The van der Waals surface area contributed by atoms with Crippen molar-refractivity contribution < 1.29 is 0 Å². The Morgan fingerprint density at radius 2 is 2.31 bits per heavy atom. The van der Waals surface area contributed by atoms with Gasteiger partial charge in [0.2, 0.25) is 0 Å². The molecule has 0 saturated carbocycles. The lowest BCUT2D eigenvalue weighted by molar-refractivity contribution is 0.440. The number of rotatable bonds is 0. The minimum Gasteiger partial charge on any atom is -0.380 e. The Morgan fingerprint density at radius 1 is 1.44 bits per heavy atom. The Bertz CT molecular complexity index is 478. The normalized spacial score (nSPS) is 26.5. The monoisotopic (exact) mass is 277 g/mol. The maximum atomic E-state index is 9.13. The molecule has 0 amide bonds. The molecule has 2 atom stereocenters. The van der Waals surface area contributed by atoms with E-state index in [2.05, 4.69) is 38.7 Å². The number of hydrogen-bond donors (Lipinski definition) is 2. The zero-order chi connectivity index (χ0) is 11.1. The fourth-order valence-electron chi connectivity index (χ4n) is 2.71. The highest BCUT2D eigenvalue weighted by molar-refractivity contribution is 9.10. The van der Waals surface area contributed by atoms with Crippen LogP contribution < -0.4 is 10.6 Å². The van der Waals surface area contributed by atoms with Crippen LogP contribution in [0.15, 0.2) is 16.6 Å². The number of benzene rings is 1. The van der Waals surface area contributed by atoms with Crippen molar-refractivity contribution in [3.05, 3.63) is 27.7 Å². The lowest BCUT2D eigenvalue weighted by atomic mass is 9.90. The van der Waals surface area contributed by atoms with E-state index in [0.717, 1.165) is 35.2 Å². The molecular formula is C12H12BrN3. The zero-order valence-corrected chi connectivity index (χ0v) is 10.3. The van der Waals surface area contributed by atoms with Crippen LogP contribution in [0.5, 0.6) is 0 Å². The highest BCUT2D eigenvalue weighted by Gasteiger charge is 2.35. The van der Waals surface area contributed by atoms with Crippen LogP contribution in [-0.2, 0) is 0 Å². The SMILES string of the molecule is N#Cc1cc(Br)cc2c1NC1CCNCC21. The molecule has 0 radical (unpaired) electrons. The molecule has 1 saturated heterocycles. The average molecular weight is 278 g/mol. The Kier molecular flexibility index (Phi) is 2.38. The minimum absolute atomic E-state index is 0.498. The molecule has 0 aliphatic carbocycles. The van der Waals surface area contributed by atoms with E-state index in [1.54, 1.807) is 0 Å². The summed E-state index contributed by atoms with van der Waals surface area (Å²) in [6, 6.07) is 6.79. The van der Waals surface area contributed by atoms with Crippen LogP contribution in [0, 0.1) is 11.3 Å². The number of nitriles is 1. The molecule has 2 aliphatic rings. The summed E-state index contributed by atoms with van der Waals surface area (Å²) < 4.78 is 0.996. The number of anilines is 1. The summed E-state index contributed by atoms with van der Waals surface area (Å²) in [5, 5.41) is 16.0. The van der Waals surface area contributed by atoms with Crippen molar-refractivity contribution >= 4 is 21.6 Å². The van der Waals surface area contributed by atoms with Crippen LogP contribution in [-0.4, -0.2) is 19.1 Å². The number of fused-ring (bicyclic) bond motifs is 3. The molecule has 0 bridgehead atoms. The van der Waals surface area contributed by atoms with Crippen LogP contribution in [0.2, 0.25) is 0 Å². The van der Waals surface area contributed by atoms with Gasteiger partial charge in [-0.25, -0.2) is 0 Å². The third kappa shape index (κ3) is 1.43. The molecule has 3 rings (SSSR count). The summed E-state index contributed by atoms with van der Waals surface area (Å²) in [5.74, 6) is 0.508. The molecule has 2 aliphatic heterocycles. The first-order valence-corrected chi connectivity index (χ1v) is 6.29. The van der Waals surface area contributed by atoms with Crippen LogP contribution in [0.3, 0.4) is 0 Å². The molecule has 1 fully saturated rings. The summed E-state index contributed by atoms with van der Waals surface area (Å²) in [6.07, 6.45) is 1.13. The van der Waals surface area contributed by atoms with Gasteiger partial charge in [0.1, 0.15) is 6.07 Å². The van der Waals surface area contributed by atoms with Crippen LogP contribution in [0.1, 0.15) is 23.5 Å². The molecule has 3 nitrogen and oxygen atoms in total. The lowest BCUT2D eigenvalue weighted by Gasteiger charge is -2.26. The first-order chi connectivity index (χ1) is 7.79. The van der Waals surface area contributed by atoms with Gasteiger partial charge in [-0.3, -0.25) is 0 Å². The van der Waals surface area contributed by atoms with Gasteiger partial charge in [-0.2, -0.15) is 5.26 Å². The van der Waals surface area contributed by atoms with Gasteiger partial charge in [0, 0.05) is 23.0 Å². The molecule has 82 valence electrons. The molecule has 2 N–H and O–H groups in total. The van der Waals surface area contributed by atoms with Gasteiger partial charge in [-0.05, 0) is 30.7 Å². The van der Waals surface area contributed by atoms with E-state index in [9.17, 15) is 0 Å². The summed E-state index contributed by atoms with van der Waals surface area (Å²) in [7, 11) is 0. The van der Waals surface area contributed by atoms with Gasteiger partial charge in [0.05, 0.1) is 11.3 Å². The molecule has 16 heavy (non-hydrogen) atoms. The van der Waals surface area contributed by atoms with Crippen LogP contribution >= 0.6 is 15.9 Å². The Hall–Kier alpha value is -1.05. The van der Waals surface area contributed by atoms with Gasteiger partial charge < -0.3 is 10.6 Å². The molecule has 0 aromatic heterocycles. The molecule has 1 aromatic rings. The van der Waals surface area contributed by atoms with Crippen molar-refractivity contribution in [2.24, 2.45) is 0 Å². The van der Waals surface area contributed by atoms with Crippen LogP contribution in [0.25, 0.3) is 0 Å². The van der Waals surface area contributed by atoms with E-state index >= 15 is 0 Å². The number of halogens is 1. The molecule has 2 heterocycles. The van der Waals surface area contributed by atoms with Crippen molar-refractivity contribution in [1.29, 1.82) is 5.26 Å². The highest BCUT2D eigenvalue weighted by Crippen LogP contribution is 2.41. The molecule has 0 spiro atoms. The largest absolute Gasteiger partial charge is 0.380 e. The van der Waals surface area contributed by atoms with E-state index in [0.29, 0.717) is 12.0 Å². The van der Waals surface area contributed by atoms with Gasteiger partial charge in [-0.1, -0.05) is 15.9 Å². The van der Waals surface area contributed by atoms with Crippen molar-refractivity contribution in [1.82, 2.24) is 5.32 Å². The number of hydrogen-bond acceptors (Lipinski definition) is 3. The lowest BCUT2D eigenvalue weighted by Crippen LogP contribution is -2.38. The molecule has 1 aromatic carbocycles. The van der Waals surface area contributed by atoms with Gasteiger partial charge in [-0.15, -0.1) is 0 Å². The summed E-state index contributed by atoms with van der Waals surface area (Å²) >= 11 is 3.47. The van der Waals surface area contributed by atoms with E-state index in [1.807, 2.05) is 6.07 Å². The smallest absolute Gasteiger partial charge is 0.101 e. The maximum absolute atomic E-state index is 9.13. The Morgan fingerprint density at radius 3 is 3.12 bits per heavy atom. The standard InChI is InChI=1S/C12H12BrN3/c13-8-3-7(5-14)12-9(4-8)10-6-15-2-1-11(10)16-12/h3-4,10-11,15-16H,1-2,6H2. The number of nitrogens with zero attached hydrogens (tertiary/aromatic N) is 1. The minimum atomic E-state index is 0.498. The van der Waals surface area contributed by atoms with Gasteiger partial charge >= 0.3 is 0 Å². The maximum Gasteiger partial charge on any atom is 0.101 e. The predicted molar refractivity (Wildman–Crippen MR) is 66.5 cm³/mol. The van der Waals surface area contributed by atoms with Crippen molar-refractivity contribution in [2.45, 2.75) is 18.4 Å². The molecule has 2 unspecified atom stereocenters.